The Morgan fingerprint density at radius 3 is 2.64 bits per heavy atom. The quantitative estimate of drug-likeness (QED) is 0.603. The molecule has 0 fully saturated rings. The normalized spacial score (nSPS) is 9.92. The molecule has 3 aromatic rings. The number of benzene rings is 2. The number of pyridine rings is 1. The number of aryl methyl sites for hydroxylation is 1. The van der Waals surface area contributed by atoms with Crippen LogP contribution in [-0.4, -0.2) is 10.8 Å². The number of aromatic nitrogens is 1. The standard InChI is InChI=1S/C21H18N2O.Y/c24-20(13-12-17-7-2-1-3-8-17)16-18-9-6-10-19(15-18)23-21-11-4-5-14-22-21;/h1-2,5-11,14-15H,12-13,16H2,(H,22,23);/q-2;. The van der Waals surface area contributed by atoms with Gasteiger partial charge in [0.25, 0.3) is 0 Å². The van der Waals surface area contributed by atoms with E-state index in [2.05, 4.69) is 22.4 Å². The minimum atomic E-state index is 0. The first-order chi connectivity index (χ1) is 11.8. The van der Waals surface area contributed by atoms with Crippen molar-refractivity contribution in [3.8, 4) is 0 Å². The molecule has 1 radical (unpaired) electrons. The molecule has 0 bridgehead atoms. The minimum absolute atomic E-state index is 0. The Morgan fingerprint density at radius 1 is 1.04 bits per heavy atom. The molecule has 3 rings (SSSR count). The number of nitrogens with one attached hydrogen (secondary N) is 1. The number of rotatable bonds is 7. The van der Waals surface area contributed by atoms with E-state index in [9.17, 15) is 4.79 Å². The van der Waals surface area contributed by atoms with E-state index in [1.807, 2.05) is 48.5 Å². The average molecular weight is 403 g/mol. The van der Waals surface area contributed by atoms with Gasteiger partial charge in [-0.05, 0) is 24.1 Å². The van der Waals surface area contributed by atoms with E-state index >= 15 is 0 Å². The van der Waals surface area contributed by atoms with Gasteiger partial charge in [0.1, 0.15) is 5.78 Å². The largest absolute Gasteiger partial charge is 0.393 e. The first-order valence-electron chi connectivity index (χ1n) is 7.94. The molecule has 1 heterocycles. The van der Waals surface area contributed by atoms with Crippen molar-refractivity contribution in [3.05, 3.63) is 90.1 Å². The zero-order valence-corrected chi connectivity index (χ0v) is 16.7. The molecule has 25 heavy (non-hydrogen) atoms. The number of nitrogens with zero attached hydrogens (tertiary/aromatic N) is 1. The second-order valence-electron chi connectivity index (χ2n) is 5.59. The fourth-order valence-electron chi connectivity index (χ4n) is 2.49. The SMILES string of the molecule is O=C(CCc1c[c-]ccc1)Cc1cccc(Nc2c[c-]ccn2)c1.[Y]. The Hall–Kier alpha value is -1.84. The van der Waals surface area contributed by atoms with Gasteiger partial charge in [-0.3, -0.25) is 4.79 Å². The summed E-state index contributed by atoms with van der Waals surface area (Å²) in [5.74, 6) is 0.975. The molecule has 123 valence electrons. The van der Waals surface area contributed by atoms with Crippen LogP contribution in [0.3, 0.4) is 0 Å². The second-order valence-corrected chi connectivity index (χ2v) is 5.59. The fourth-order valence-corrected chi connectivity index (χ4v) is 2.49. The zero-order valence-electron chi connectivity index (χ0n) is 13.9. The van der Waals surface area contributed by atoms with Crippen LogP contribution in [0.2, 0.25) is 0 Å². The molecule has 1 N–H and O–H groups in total. The van der Waals surface area contributed by atoms with Crippen molar-refractivity contribution in [2.45, 2.75) is 19.3 Å². The number of anilines is 2. The third-order valence-corrected chi connectivity index (χ3v) is 3.67. The Bertz CT molecular complexity index is 791. The molecule has 3 nitrogen and oxygen atoms in total. The van der Waals surface area contributed by atoms with Crippen LogP contribution in [0, 0.1) is 12.1 Å². The maximum atomic E-state index is 12.2. The third-order valence-electron chi connectivity index (χ3n) is 3.67. The molecule has 0 saturated heterocycles. The van der Waals surface area contributed by atoms with Crippen molar-refractivity contribution in [2.24, 2.45) is 0 Å². The van der Waals surface area contributed by atoms with Crippen LogP contribution in [0.1, 0.15) is 17.5 Å². The molecule has 0 saturated carbocycles. The molecule has 0 unspecified atom stereocenters. The van der Waals surface area contributed by atoms with E-state index in [1.165, 1.54) is 0 Å². The van der Waals surface area contributed by atoms with Crippen LogP contribution >= 0.6 is 0 Å². The predicted octanol–water partition coefficient (Wildman–Crippen LogP) is 4.17. The van der Waals surface area contributed by atoms with Crippen molar-refractivity contribution >= 4 is 17.3 Å². The topological polar surface area (TPSA) is 42.0 Å². The number of Topliss-reactive ketones (excluding diaryl/α,β-unsaturated/α-hetero) is 1. The van der Waals surface area contributed by atoms with Crippen molar-refractivity contribution in [2.75, 3.05) is 5.32 Å². The maximum absolute atomic E-state index is 12.2. The smallest absolute Gasteiger partial charge is 0.136 e. The number of ketones is 1. The van der Waals surface area contributed by atoms with E-state index in [0.29, 0.717) is 12.8 Å². The second kappa shape index (κ2) is 10.2. The summed E-state index contributed by atoms with van der Waals surface area (Å²) in [6.07, 6.45) is 3.44. The first kappa shape index (κ1) is 19.5. The molecule has 0 spiro atoms. The molecule has 1 aromatic heterocycles. The van der Waals surface area contributed by atoms with Gasteiger partial charge in [-0.2, -0.15) is 48.0 Å². The Kier molecular flexibility index (Phi) is 7.97. The maximum Gasteiger partial charge on any atom is 0.136 e. The van der Waals surface area contributed by atoms with Crippen molar-refractivity contribution in [3.63, 3.8) is 0 Å². The fraction of sp³-hybridized carbons (Fsp3) is 0.143. The van der Waals surface area contributed by atoms with Crippen molar-refractivity contribution < 1.29 is 37.5 Å². The van der Waals surface area contributed by atoms with Crippen LogP contribution in [0.15, 0.2) is 66.9 Å². The van der Waals surface area contributed by atoms with Gasteiger partial charge in [-0.25, -0.2) is 0 Å². The first-order valence-corrected chi connectivity index (χ1v) is 7.94. The van der Waals surface area contributed by atoms with Gasteiger partial charge in [0.2, 0.25) is 0 Å². The average Bonchev–Trinajstić information content (AvgIpc) is 2.62. The third kappa shape index (κ3) is 6.52. The van der Waals surface area contributed by atoms with Gasteiger partial charge < -0.3 is 10.3 Å². The van der Waals surface area contributed by atoms with Gasteiger partial charge in [-0.15, -0.1) is 6.07 Å². The number of hydrogen-bond donors (Lipinski definition) is 1. The van der Waals surface area contributed by atoms with E-state index < -0.39 is 0 Å². The van der Waals surface area contributed by atoms with Gasteiger partial charge in [0, 0.05) is 50.6 Å². The monoisotopic (exact) mass is 403 g/mol. The molecule has 2 aromatic carbocycles. The molecule has 0 aliphatic heterocycles. The van der Waals surface area contributed by atoms with Crippen LogP contribution in [0.5, 0.6) is 0 Å². The van der Waals surface area contributed by atoms with Crippen LogP contribution in [0.4, 0.5) is 11.5 Å². The van der Waals surface area contributed by atoms with Gasteiger partial charge in [0.15, 0.2) is 0 Å². The van der Waals surface area contributed by atoms with E-state index in [1.54, 1.807) is 18.3 Å². The van der Waals surface area contributed by atoms with Crippen LogP contribution < -0.4 is 5.32 Å². The van der Waals surface area contributed by atoms with Gasteiger partial charge >= 0.3 is 0 Å². The van der Waals surface area contributed by atoms with Crippen LogP contribution in [0.25, 0.3) is 0 Å². The number of hydrogen-bond acceptors (Lipinski definition) is 3. The zero-order chi connectivity index (χ0) is 16.6. The summed E-state index contributed by atoms with van der Waals surface area (Å²) in [5, 5.41) is 3.22. The van der Waals surface area contributed by atoms with Gasteiger partial charge in [-0.1, -0.05) is 24.8 Å². The van der Waals surface area contributed by atoms with E-state index in [-0.39, 0.29) is 38.5 Å². The van der Waals surface area contributed by atoms with E-state index in [0.717, 1.165) is 29.1 Å². The summed E-state index contributed by atoms with van der Waals surface area (Å²) in [6.45, 7) is 0. The number of carbonyl (C=O) groups is 1. The molecule has 0 aliphatic rings. The summed E-state index contributed by atoms with van der Waals surface area (Å²) in [5.41, 5.74) is 3.07. The Balaban J connectivity index is 0.00000225. The van der Waals surface area contributed by atoms with Crippen molar-refractivity contribution in [1.29, 1.82) is 0 Å². The molecule has 4 heteroatoms. The number of carbonyl (C=O) groups excluding carboxylic acids is 1. The van der Waals surface area contributed by atoms with Crippen molar-refractivity contribution in [1.82, 2.24) is 4.98 Å². The Labute approximate surface area is 173 Å². The van der Waals surface area contributed by atoms with Crippen LogP contribution in [-0.2, 0) is 50.3 Å². The molecular weight excluding hydrogens is 385 g/mol. The summed E-state index contributed by atoms with van der Waals surface area (Å²) in [4.78, 5) is 16.4. The minimum Gasteiger partial charge on any atom is -0.393 e. The molecule has 0 amide bonds. The van der Waals surface area contributed by atoms with E-state index in [4.69, 9.17) is 0 Å². The Morgan fingerprint density at radius 2 is 1.88 bits per heavy atom. The molecular formula is C21H18N2OY-2. The summed E-state index contributed by atoms with van der Waals surface area (Å²) >= 11 is 0. The van der Waals surface area contributed by atoms with Gasteiger partial charge in [0.05, 0.1) is 0 Å². The summed E-state index contributed by atoms with van der Waals surface area (Å²) < 4.78 is 0. The molecule has 0 aliphatic carbocycles. The summed E-state index contributed by atoms with van der Waals surface area (Å²) in [7, 11) is 0. The predicted molar refractivity (Wildman–Crippen MR) is 95.1 cm³/mol. The molecule has 0 atom stereocenters. The summed E-state index contributed by atoms with van der Waals surface area (Å²) in [6, 6.07) is 25.2.